The molecule has 2 amide bonds. The number of amides is 2. The summed E-state index contributed by atoms with van der Waals surface area (Å²) < 4.78 is 46.4. The summed E-state index contributed by atoms with van der Waals surface area (Å²) in [5, 5.41) is 0. The molecule has 0 N–H and O–H groups in total. The average molecular weight is 892 g/mol. The SMILES string of the molecule is COC1=Nc2cc(OCc3cccc(COc4cc5c(cc4OC)C(=O)N4CCC(c6ccc(OC)cc6)=C[C@H]4C(OC)=N5)n3)c(OC)cc2C(=O)N2CCC(c3ccc(OC)cc3)=C[C@@H]12. The van der Waals surface area contributed by atoms with Crippen molar-refractivity contribution in [1.29, 1.82) is 0 Å². The van der Waals surface area contributed by atoms with Gasteiger partial charge in [-0.05, 0) is 95.8 Å². The number of carbonyl (C=O) groups is 2. The van der Waals surface area contributed by atoms with Crippen LogP contribution < -0.4 is 28.4 Å². The van der Waals surface area contributed by atoms with Crippen molar-refractivity contribution in [1.82, 2.24) is 14.8 Å². The van der Waals surface area contributed by atoms with Crippen LogP contribution >= 0.6 is 0 Å². The lowest BCUT2D eigenvalue weighted by Crippen LogP contribution is -2.46. The molecule has 66 heavy (non-hydrogen) atoms. The van der Waals surface area contributed by atoms with E-state index in [1.165, 1.54) is 14.2 Å². The number of aromatic nitrogens is 1. The lowest BCUT2D eigenvalue weighted by molar-refractivity contribution is 0.0731. The van der Waals surface area contributed by atoms with Gasteiger partial charge < -0.3 is 47.7 Å². The van der Waals surface area contributed by atoms with Gasteiger partial charge in [0.25, 0.3) is 11.8 Å². The standard InChI is InChI=1S/C51H49N5O10/c1-59-36-14-10-30(11-15-36)32-18-20-55-42(22-32)48(63-5)53-40-26-46(44(61-3)24-38(40)50(55)57)65-28-34-8-7-9-35(52-34)29-66-47-27-41-39(25-45(47)62-4)51(58)56-21-19-33(23-43(56)49(54-41)64-6)31-12-16-37(60-2)17-13-31/h7-17,22-27,42-43H,18-21,28-29H2,1-6H3/t42-,43-/m0/s1. The van der Waals surface area contributed by atoms with Crippen LogP contribution in [0.2, 0.25) is 0 Å². The van der Waals surface area contributed by atoms with Gasteiger partial charge in [-0.15, -0.1) is 0 Å². The van der Waals surface area contributed by atoms with E-state index in [2.05, 4.69) is 0 Å². The first kappa shape index (κ1) is 43.4. The molecule has 5 heterocycles. The van der Waals surface area contributed by atoms with Crippen LogP contribution in [0.25, 0.3) is 11.1 Å². The first-order valence-corrected chi connectivity index (χ1v) is 21.4. The van der Waals surface area contributed by atoms with Gasteiger partial charge in [0.2, 0.25) is 11.8 Å². The number of fused-ring (bicyclic) bond motifs is 4. The normalized spacial score (nSPS) is 17.5. The molecule has 338 valence electrons. The van der Waals surface area contributed by atoms with Crippen LogP contribution in [0.5, 0.6) is 34.5 Å². The molecule has 0 spiro atoms. The fourth-order valence-corrected chi connectivity index (χ4v) is 8.62. The second-order valence-corrected chi connectivity index (χ2v) is 15.8. The summed E-state index contributed by atoms with van der Waals surface area (Å²) in [4.78, 5) is 46.2. The Morgan fingerprint density at radius 1 is 0.515 bits per heavy atom. The van der Waals surface area contributed by atoms with Gasteiger partial charge in [0, 0.05) is 25.2 Å². The maximum Gasteiger partial charge on any atom is 0.257 e. The highest BCUT2D eigenvalue weighted by Crippen LogP contribution is 2.42. The molecule has 0 saturated carbocycles. The van der Waals surface area contributed by atoms with Gasteiger partial charge in [-0.25, -0.2) is 9.98 Å². The highest BCUT2D eigenvalue weighted by atomic mass is 16.5. The third-order valence-corrected chi connectivity index (χ3v) is 12.1. The van der Waals surface area contributed by atoms with Crippen molar-refractivity contribution in [3.8, 4) is 34.5 Å². The number of ether oxygens (including phenoxy) is 8. The summed E-state index contributed by atoms with van der Waals surface area (Å²) in [6.07, 6.45) is 5.38. The maximum absolute atomic E-state index is 14.1. The number of methoxy groups -OCH3 is 6. The zero-order valence-electron chi connectivity index (χ0n) is 37.5. The van der Waals surface area contributed by atoms with Crippen LogP contribution in [0, 0.1) is 0 Å². The molecule has 5 aromatic rings. The molecule has 2 atom stereocenters. The van der Waals surface area contributed by atoms with Crippen LogP contribution in [0.15, 0.2) is 113 Å². The van der Waals surface area contributed by atoms with Crippen molar-refractivity contribution in [2.45, 2.75) is 38.1 Å². The van der Waals surface area contributed by atoms with E-state index in [1.54, 1.807) is 62.5 Å². The van der Waals surface area contributed by atoms with Gasteiger partial charge in [-0.3, -0.25) is 14.6 Å². The molecule has 0 fully saturated rings. The molecule has 0 bridgehead atoms. The lowest BCUT2D eigenvalue weighted by Gasteiger charge is -2.33. The number of pyridine rings is 1. The molecule has 15 heteroatoms. The lowest BCUT2D eigenvalue weighted by atomic mass is 9.95. The summed E-state index contributed by atoms with van der Waals surface area (Å²) >= 11 is 0. The van der Waals surface area contributed by atoms with Crippen LogP contribution in [0.3, 0.4) is 0 Å². The molecule has 4 aliphatic rings. The number of rotatable bonds is 12. The second kappa shape index (κ2) is 18.7. The van der Waals surface area contributed by atoms with Gasteiger partial charge in [0.1, 0.15) is 36.8 Å². The molecule has 4 aliphatic heterocycles. The maximum atomic E-state index is 14.1. The quantitative estimate of drug-likeness (QED) is 0.119. The van der Waals surface area contributed by atoms with Crippen LogP contribution in [0.1, 0.15) is 56.1 Å². The summed E-state index contributed by atoms with van der Waals surface area (Å²) in [5.74, 6) is 3.44. The Hall–Kier alpha value is -7.81. The summed E-state index contributed by atoms with van der Waals surface area (Å²) in [6, 6.07) is 27.0. The topological polar surface area (TPSA) is 152 Å². The fraction of sp³-hybridized carbons (Fsp3) is 0.275. The van der Waals surface area contributed by atoms with Gasteiger partial charge >= 0.3 is 0 Å². The Kier molecular flexibility index (Phi) is 12.3. The van der Waals surface area contributed by atoms with E-state index in [4.69, 9.17) is 52.9 Å². The molecule has 15 nitrogen and oxygen atoms in total. The molecule has 0 saturated heterocycles. The molecule has 0 radical (unpaired) electrons. The largest absolute Gasteiger partial charge is 0.497 e. The van der Waals surface area contributed by atoms with E-state index < -0.39 is 12.1 Å². The van der Waals surface area contributed by atoms with Gasteiger partial charge in [-0.2, -0.15) is 0 Å². The highest BCUT2D eigenvalue weighted by Gasteiger charge is 2.38. The highest BCUT2D eigenvalue weighted by molar-refractivity contribution is 6.08. The van der Waals surface area contributed by atoms with Crippen molar-refractivity contribution in [2.24, 2.45) is 9.98 Å². The van der Waals surface area contributed by atoms with Gasteiger partial charge in [0.15, 0.2) is 23.0 Å². The minimum atomic E-state index is -0.506. The van der Waals surface area contributed by atoms with E-state index >= 15 is 0 Å². The molecule has 4 aromatic carbocycles. The predicted octanol–water partition coefficient (Wildman–Crippen LogP) is 8.25. The average Bonchev–Trinajstić information content (AvgIpc) is 3.56. The molecule has 9 rings (SSSR count). The van der Waals surface area contributed by atoms with Crippen molar-refractivity contribution in [3.05, 3.63) is 137 Å². The Morgan fingerprint density at radius 3 is 1.32 bits per heavy atom. The summed E-state index contributed by atoms with van der Waals surface area (Å²) in [7, 11) is 9.44. The molecular weight excluding hydrogens is 843 g/mol. The number of aliphatic imine (C=N–C) groups is 2. The van der Waals surface area contributed by atoms with Crippen LogP contribution in [-0.2, 0) is 22.7 Å². The van der Waals surface area contributed by atoms with E-state index in [9.17, 15) is 9.59 Å². The number of nitrogens with zero attached hydrogens (tertiary/aromatic N) is 5. The van der Waals surface area contributed by atoms with Crippen molar-refractivity contribution in [3.63, 3.8) is 0 Å². The van der Waals surface area contributed by atoms with Gasteiger partial charge in [0.05, 0.1) is 76.5 Å². The van der Waals surface area contributed by atoms with Crippen LogP contribution in [-0.4, -0.2) is 106 Å². The zero-order valence-corrected chi connectivity index (χ0v) is 37.5. The van der Waals surface area contributed by atoms with E-state index in [0.29, 0.717) is 94.6 Å². The Labute approximate surface area is 382 Å². The number of benzene rings is 4. The molecular formula is C51H49N5O10. The second-order valence-electron chi connectivity index (χ2n) is 15.8. The smallest absolute Gasteiger partial charge is 0.257 e. The first-order chi connectivity index (χ1) is 32.2. The van der Waals surface area contributed by atoms with Crippen LogP contribution in [0.4, 0.5) is 11.4 Å². The Morgan fingerprint density at radius 2 is 0.939 bits per heavy atom. The Bertz CT molecular complexity index is 2610. The molecule has 1 aromatic heterocycles. The van der Waals surface area contributed by atoms with Crippen molar-refractivity contribution < 1.29 is 47.5 Å². The number of hydrogen-bond acceptors (Lipinski definition) is 13. The number of hydrogen-bond donors (Lipinski definition) is 0. The molecule has 0 aliphatic carbocycles. The minimum Gasteiger partial charge on any atom is -0.497 e. The first-order valence-electron chi connectivity index (χ1n) is 21.4. The summed E-state index contributed by atoms with van der Waals surface area (Å²) in [6.45, 7) is 1.10. The zero-order chi connectivity index (χ0) is 45.9. The molecule has 0 unspecified atom stereocenters. The van der Waals surface area contributed by atoms with E-state index in [0.717, 1.165) is 33.8 Å². The van der Waals surface area contributed by atoms with E-state index in [1.807, 2.05) is 78.9 Å². The predicted molar refractivity (Wildman–Crippen MR) is 248 cm³/mol. The minimum absolute atomic E-state index is 0.0750. The Balaban J connectivity index is 0.919. The van der Waals surface area contributed by atoms with Gasteiger partial charge in [-0.1, -0.05) is 30.3 Å². The van der Waals surface area contributed by atoms with Crippen molar-refractivity contribution in [2.75, 3.05) is 55.7 Å². The fourth-order valence-electron chi connectivity index (χ4n) is 8.62. The third kappa shape index (κ3) is 8.47. The van der Waals surface area contributed by atoms with E-state index in [-0.39, 0.29) is 25.0 Å². The number of carbonyl (C=O) groups excluding carboxylic acids is 2. The monoisotopic (exact) mass is 891 g/mol. The van der Waals surface area contributed by atoms with Crippen molar-refractivity contribution >= 4 is 46.1 Å². The third-order valence-electron chi connectivity index (χ3n) is 12.1. The summed E-state index contributed by atoms with van der Waals surface area (Å²) in [5.41, 5.74) is 7.05.